The SMILES string of the molecule is CN1CC(=O)CC(Cc2c(C(=O)c3ccc4c(c3)OCO4)[nH]c3ccccc23)C1=O.CN1CC(=O)N2[C@H](c3ccc4c(c3)OCO4)c3[nH]c4ccccc4c3C[C@@H]2C1=O.O=[Se]=O. The van der Waals surface area contributed by atoms with E-state index in [1.807, 2.05) is 60.7 Å². The van der Waals surface area contributed by atoms with Gasteiger partial charge in [-0.1, -0.05) is 42.5 Å². The van der Waals surface area contributed by atoms with Crippen molar-refractivity contribution in [2.45, 2.75) is 31.3 Å². The molecule has 0 aliphatic carbocycles. The number of amides is 3. The fourth-order valence-electron chi connectivity index (χ4n) is 9.11. The summed E-state index contributed by atoms with van der Waals surface area (Å²) in [6.45, 7) is 0.559. The van der Waals surface area contributed by atoms with Gasteiger partial charge in [0.25, 0.3) is 0 Å². The molecule has 5 aliphatic rings. The van der Waals surface area contributed by atoms with Crippen LogP contribution in [0.5, 0.6) is 23.0 Å². The predicted octanol–water partition coefficient (Wildman–Crippen LogP) is 4.31. The van der Waals surface area contributed by atoms with Crippen LogP contribution in [-0.4, -0.2) is 116 Å². The van der Waals surface area contributed by atoms with E-state index in [4.69, 9.17) is 26.6 Å². The Morgan fingerprint density at radius 3 is 2.05 bits per heavy atom. The number of aromatic nitrogens is 2. The third-order valence-electron chi connectivity index (χ3n) is 11.9. The molecule has 2 N–H and O–H groups in total. The van der Waals surface area contributed by atoms with Crippen LogP contribution < -0.4 is 18.9 Å². The molecule has 2 saturated heterocycles. The normalized spacial score (nSPS) is 19.7. The van der Waals surface area contributed by atoms with Crippen molar-refractivity contribution >= 4 is 65.9 Å². The van der Waals surface area contributed by atoms with E-state index in [2.05, 4.69) is 16.0 Å². The van der Waals surface area contributed by atoms with Gasteiger partial charge in [-0.3, -0.25) is 24.0 Å². The van der Waals surface area contributed by atoms with Gasteiger partial charge >= 0.3 is 22.5 Å². The summed E-state index contributed by atoms with van der Waals surface area (Å²) >= 11 is -1.62. The van der Waals surface area contributed by atoms with Crippen LogP contribution in [0.4, 0.5) is 0 Å². The summed E-state index contributed by atoms with van der Waals surface area (Å²) in [6, 6.07) is 25.6. The van der Waals surface area contributed by atoms with Gasteiger partial charge in [0.15, 0.2) is 28.8 Å². The third-order valence-corrected chi connectivity index (χ3v) is 11.9. The van der Waals surface area contributed by atoms with Crippen LogP contribution in [0.2, 0.25) is 0 Å². The molecule has 4 aromatic carbocycles. The number of nitrogens with zero attached hydrogens (tertiary/aromatic N) is 3. The topological polar surface area (TPSA) is 198 Å². The van der Waals surface area contributed by atoms with E-state index >= 15 is 0 Å². The van der Waals surface area contributed by atoms with Crippen molar-refractivity contribution in [2.75, 3.05) is 40.8 Å². The Morgan fingerprint density at radius 2 is 1.32 bits per heavy atom. The fraction of sp³-hybridized carbons (Fsp3) is 0.267. The Bertz CT molecular complexity index is 2860. The molecule has 316 valence electrons. The number of H-pyrrole nitrogens is 2. The monoisotopic (exact) mass is 905 g/mol. The van der Waals surface area contributed by atoms with Crippen LogP contribution >= 0.6 is 0 Å². The molecule has 16 nitrogen and oxygen atoms in total. The number of likely N-dealkylation sites (tertiary alicyclic amines) is 1. The number of aromatic amines is 2. The number of carbonyl (C=O) groups is 5. The van der Waals surface area contributed by atoms with Crippen molar-refractivity contribution in [1.29, 1.82) is 0 Å². The average Bonchev–Trinajstić information content (AvgIpc) is 4.09. The zero-order valence-corrected chi connectivity index (χ0v) is 35.2. The number of piperazine rings is 1. The predicted molar refractivity (Wildman–Crippen MR) is 221 cm³/mol. The van der Waals surface area contributed by atoms with Gasteiger partial charge in [-0.25, -0.2) is 0 Å². The van der Waals surface area contributed by atoms with Crippen LogP contribution in [0.15, 0.2) is 84.9 Å². The molecule has 0 spiro atoms. The molecule has 1 unspecified atom stereocenters. The van der Waals surface area contributed by atoms with Gasteiger partial charge in [0.05, 0.1) is 24.8 Å². The summed E-state index contributed by atoms with van der Waals surface area (Å²) in [6.07, 6.45) is 1.03. The first-order valence-corrected chi connectivity index (χ1v) is 21.2. The molecule has 62 heavy (non-hydrogen) atoms. The first-order chi connectivity index (χ1) is 30.0. The second kappa shape index (κ2) is 16.5. The number of Topliss-reactive ketones (excluding diaryl/α,β-unsaturated/α-hetero) is 1. The van der Waals surface area contributed by atoms with Gasteiger partial charge in [0, 0.05) is 65.9 Å². The standard InChI is InChI=1S/C23H20N2O5.C22H19N3O4.O2Se/c1-25-11-15(26)8-14(23(25)28)9-17-16-4-2-3-5-18(16)24-21(17)22(27)13-6-7-19-20(10-13)30-12-29-19;1-24-10-19(26)25-16(22(24)27)9-14-13-4-2-3-5-15(13)23-20(14)21(25)12-6-7-17-18(8-12)29-11-28-17;1-3-2/h2-7,10,14,24H,8-9,11-12H2,1H3;2-8,16,21,23H,9-11H2,1H3;/t;16-,21-;/m.1./s1. The Hall–Kier alpha value is -6.97. The Kier molecular flexibility index (Phi) is 10.7. The summed E-state index contributed by atoms with van der Waals surface area (Å²) in [5.74, 6) is 1.73. The van der Waals surface area contributed by atoms with Crippen molar-refractivity contribution < 1.29 is 50.6 Å². The molecule has 2 fully saturated rings. The summed E-state index contributed by atoms with van der Waals surface area (Å²) in [7, 11) is 3.33. The van der Waals surface area contributed by atoms with Gasteiger partial charge in [-0.15, -0.1) is 0 Å². The molecule has 17 heteroatoms. The minimum atomic E-state index is -1.62. The molecule has 11 rings (SSSR count). The third kappa shape index (κ3) is 7.22. The van der Waals surface area contributed by atoms with E-state index in [0.717, 1.165) is 44.2 Å². The van der Waals surface area contributed by atoms with Crippen LogP contribution in [0.25, 0.3) is 21.8 Å². The van der Waals surface area contributed by atoms with Crippen molar-refractivity contribution in [3.8, 4) is 23.0 Å². The molecular formula is C45H39N5O11Se. The number of hydrogen-bond acceptors (Lipinski definition) is 11. The number of fused-ring (bicyclic) bond motifs is 7. The van der Waals surface area contributed by atoms with Gasteiger partial charge in [0.2, 0.25) is 37.1 Å². The minimum absolute atomic E-state index is 0.0220. The summed E-state index contributed by atoms with van der Waals surface area (Å²) < 4.78 is 38.6. The van der Waals surface area contributed by atoms with Crippen LogP contribution in [0, 0.1) is 5.92 Å². The van der Waals surface area contributed by atoms with Crippen LogP contribution in [0.3, 0.4) is 0 Å². The second-order valence-corrected chi connectivity index (χ2v) is 15.9. The van der Waals surface area contributed by atoms with E-state index < -0.39 is 26.8 Å². The van der Waals surface area contributed by atoms with E-state index in [1.54, 1.807) is 37.2 Å². The van der Waals surface area contributed by atoms with Gasteiger partial charge in [-0.05, 0) is 65.6 Å². The molecule has 3 atom stereocenters. The maximum atomic E-state index is 13.4. The van der Waals surface area contributed by atoms with Crippen LogP contribution in [-0.2, 0) is 39.7 Å². The summed E-state index contributed by atoms with van der Waals surface area (Å²) in [4.78, 5) is 75.7. The summed E-state index contributed by atoms with van der Waals surface area (Å²) in [5, 5.41) is 1.98. The van der Waals surface area contributed by atoms with Crippen LogP contribution in [0.1, 0.15) is 50.9 Å². The molecule has 2 aromatic heterocycles. The molecule has 0 bridgehead atoms. The molecule has 0 saturated carbocycles. The molecule has 5 aliphatic heterocycles. The van der Waals surface area contributed by atoms with Gasteiger partial charge in [-0.2, -0.15) is 0 Å². The zero-order chi connectivity index (χ0) is 43.2. The van der Waals surface area contributed by atoms with E-state index in [9.17, 15) is 24.0 Å². The van der Waals surface area contributed by atoms with E-state index in [1.165, 1.54) is 9.80 Å². The number of piperidine rings is 1. The Labute approximate surface area is 359 Å². The number of ketones is 2. The van der Waals surface area contributed by atoms with E-state index in [-0.39, 0.29) is 68.4 Å². The number of para-hydroxylation sites is 2. The number of ether oxygens (including phenoxy) is 4. The number of likely N-dealkylation sites (N-methyl/N-ethyl adjacent to an activating group) is 2. The second-order valence-electron chi connectivity index (χ2n) is 15.6. The summed E-state index contributed by atoms with van der Waals surface area (Å²) in [5.41, 5.74) is 6.45. The van der Waals surface area contributed by atoms with Crippen molar-refractivity contribution in [3.63, 3.8) is 0 Å². The Balaban J connectivity index is 0.000000149. The quantitative estimate of drug-likeness (QED) is 0.185. The number of nitrogens with one attached hydrogen (secondary N) is 2. The van der Waals surface area contributed by atoms with Crippen molar-refractivity contribution in [1.82, 2.24) is 24.7 Å². The Morgan fingerprint density at radius 1 is 0.710 bits per heavy atom. The zero-order valence-electron chi connectivity index (χ0n) is 33.5. The average molecular weight is 905 g/mol. The molecular weight excluding hydrogens is 865 g/mol. The fourth-order valence-corrected chi connectivity index (χ4v) is 9.11. The van der Waals surface area contributed by atoms with Gasteiger partial charge in [0.1, 0.15) is 6.04 Å². The number of carbonyl (C=O) groups excluding carboxylic acids is 5. The molecule has 3 amide bonds. The van der Waals surface area contributed by atoms with Crippen molar-refractivity contribution in [2.24, 2.45) is 5.92 Å². The maximum absolute atomic E-state index is 13.4. The molecule has 7 heterocycles. The number of rotatable bonds is 5. The first kappa shape index (κ1) is 40.4. The first-order valence-electron chi connectivity index (χ1n) is 19.8. The number of hydrogen-bond donors (Lipinski definition) is 2. The molecule has 0 radical (unpaired) electrons. The number of benzene rings is 4. The van der Waals surface area contributed by atoms with E-state index in [0.29, 0.717) is 47.1 Å². The molecule has 6 aromatic rings. The van der Waals surface area contributed by atoms with Crippen molar-refractivity contribution in [3.05, 3.63) is 119 Å². The van der Waals surface area contributed by atoms with Gasteiger partial charge < -0.3 is 43.6 Å².